The highest BCUT2D eigenvalue weighted by Crippen LogP contribution is 2.08. The van der Waals surface area contributed by atoms with Crippen molar-refractivity contribution in [3.8, 4) is 0 Å². The van der Waals surface area contributed by atoms with Crippen LogP contribution in [0.5, 0.6) is 0 Å². The van der Waals surface area contributed by atoms with Crippen LogP contribution in [0.1, 0.15) is 31.9 Å². The molecule has 6 nitrogen and oxygen atoms in total. The van der Waals surface area contributed by atoms with E-state index in [0.29, 0.717) is 19.5 Å². The van der Waals surface area contributed by atoms with Gasteiger partial charge >= 0.3 is 0 Å². The first-order valence-electron chi connectivity index (χ1n) is 7.99. The van der Waals surface area contributed by atoms with Crippen molar-refractivity contribution < 1.29 is 4.79 Å². The Morgan fingerprint density at radius 3 is 2.82 bits per heavy atom. The number of aromatic nitrogens is 1. The predicted octanol–water partition coefficient (Wildman–Crippen LogP) is 1.15. The summed E-state index contributed by atoms with van der Waals surface area (Å²) in [5, 5.41) is 6.39. The number of nitrogens with one attached hydrogen (secondary N) is 2. The summed E-state index contributed by atoms with van der Waals surface area (Å²) in [5.41, 5.74) is 0.924. The lowest BCUT2D eigenvalue weighted by molar-refractivity contribution is -0.129. The molecule has 22 heavy (non-hydrogen) atoms. The highest BCUT2D eigenvalue weighted by molar-refractivity contribution is 5.81. The van der Waals surface area contributed by atoms with Crippen molar-refractivity contribution in [2.75, 3.05) is 26.2 Å². The summed E-state index contributed by atoms with van der Waals surface area (Å²) in [6.45, 7) is 5.75. The minimum Gasteiger partial charge on any atom is -0.357 e. The Balaban J connectivity index is 1.77. The van der Waals surface area contributed by atoms with Crippen molar-refractivity contribution in [1.82, 2.24) is 20.5 Å². The molecule has 2 heterocycles. The van der Waals surface area contributed by atoms with Crippen LogP contribution in [0.3, 0.4) is 0 Å². The maximum atomic E-state index is 12.0. The molecule has 0 saturated carbocycles. The number of aliphatic imine (C=N–C) groups is 1. The largest absolute Gasteiger partial charge is 0.357 e. The molecule has 1 amide bonds. The van der Waals surface area contributed by atoms with E-state index in [9.17, 15) is 4.79 Å². The van der Waals surface area contributed by atoms with E-state index in [2.05, 4.69) is 20.6 Å². The van der Waals surface area contributed by atoms with E-state index in [1.54, 1.807) is 6.20 Å². The Kier molecular flexibility index (Phi) is 6.67. The first-order valence-corrected chi connectivity index (χ1v) is 7.99. The predicted molar refractivity (Wildman–Crippen MR) is 87.5 cm³/mol. The van der Waals surface area contributed by atoms with Gasteiger partial charge in [-0.1, -0.05) is 6.07 Å². The third kappa shape index (κ3) is 5.35. The number of pyridine rings is 1. The summed E-state index contributed by atoms with van der Waals surface area (Å²) in [5.74, 6) is 0.952. The average Bonchev–Trinajstić information content (AvgIpc) is 3.08. The van der Waals surface area contributed by atoms with Gasteiger partial charge in [0.1, 0.15) is 0 Å². The average molecular weight is 303 g/mol. The van der Waals surface area contributed by atoms with Crippen LogP contribution < -0.4 is 10.6 Å². The number of nitrogens with zero attached hydrogens (tertiary/aromatic N) is 3. The van der Waals surface area contributed by atoms with Crippen molar-refractivity contribution in [2.24, 2.45) is 4.99 Å². The van der Waals surface area contributed by atoms with Gasteiger partial charge in [-0.25, -0.2) is 4.99 Å². The van der Waals surface area contributed by atoms with Gasteiger partial charge in [0.25, 0.3) is 0 Å². The topological polar surface area (TPSA) is 69.6 Å². The van der Waals surface area contributed by atoms with E-state index < -0.39 is 0 Å². The summed E-state index contributed by atoms with van der Waals surface area (Å²) in [6, 6.07) is 5.79. The smallest absolute Gasteiger partial charge is 0.224 e. The Hall–Kier alpha value is -2.11. The molecule has 0 aliphatic carbocycles. The van der Waals surface area contributed by atoms with Gasteiger partial charge < -0.3 is 15.5 Å². The third-order valence-electron chi connectivity index (χ3n) is 3.56. The number of hydrogen-bond donors (Lipinski definition) is 2. The van der Waals surface area contributed by atoms with Crippen LogP contribution in [0, 0.1) is 0 Å². The molecule has 120 valence electrons. The zero-order chi connectivity index (χ0) is 15.6. The van der Waals surface area contributed by atoms with Crippen LogP contribution in [0.2, 0.25) is 0 Å². The molecule has 1 aliphatic rings. The normalized spacial score (nSPS) is 15.0. The minimum atomic E-state index is 0.227. The summed E-state index contributed by atoms with van der Waals surface area (Å²) in [7, 11) is 0. The summed E-state index contributed by atoms with van der Waals surface area (Å²) < 4.78 is 0. The molecule has 0 aromatic carbocycles. The summed E-state index contributed by atoms with van der Waals surface area (Å²) in [4.78, 5) is 22.7. The van der Waals surface area contributed by atoms with Crippen molar-refractivity contribution >= 4 is 11.9 Å². The molecule has 0 bridgehead atoms. The highest BCUT2D eigenvalue weighted by atomic mass is 16.2. The van der Waals surface area contributed by atoms with E-state index in [-0.39, 0.29) is 5.91 Å². The lowest BCUT2D eigenvalue weighted by atomic mass is 10.3. The number of guanidine groups is 1. The number of carbonyl (C=O) groups excluding carboxylic acids is 1. The van der Waals surface area contributed by atoms with Crippen molar-refractivity contribution in [3.05, 3.63) is 30.1 Å². The van der Waals surface area contributed by atoms with E-state index in [1.807, 2.05) is 30.0 Å². The molecular formula is C16H25N5O. The van der Waals surface area contributed by atoms with E-state index >= 15 is 0 Å². The van der Waals surface area contributed by atoms with Crippen molar-refractivity contribution in [2.45, 2.75) is 32.7 Å². The van der Waals surface area contributed by atoms with Gasteiger partial charge in [-0.2, -0.15) is 0 Å². The molecule has 6 heteroatoms. The fraction of sp³-hybridized carbons (Fsp3) is 0.562. The number of amides is 1. The van der Waals surface area contributed by atoms with Crippen molar-refractivity contribution in [1.29, 1.82) is 0 Å². The fourth-order valence-electron chi connectivity index (χ4n) is 2.41. The van der Waals surface area contributed by atoms with Crippen LogP contribution >= 0.6 is 0 Å². The maximum absolute atomic E-state index is 12.0. The standard InChI is InChI=1S/C16H25N5O/c1-2-17-16(20-13-14-7-3-4-9-18-14)19-10-8-15(22)21-11-5-6-12-21/h3-4,7,9H,2,5-6,8,10-13H2,1H3,(H2,17,19,20). The van der Waals surface area contributed by atoms with Crippen LogP contribution in [-0.2, 0) is 11.3 Å². The number of hydrogen-bond acceptors (Lipinski definition) is 3. The maximum Gasteiger partial charge on any atom is 0.224 e. The van der Waals surface area contributed by atoms with Crippen molar-refractivity contribution in [3.63, 3.8) is 0 Å². The minimum absolute atomic E-state index is 0.227. The lowest BCUT2D eigenvalue weighted by Gasteiger charge is -2.16. The molecule has 1 saturated heterocycles. The van der Waals surface area contributed by atoms with Gasteiger partial charge in [0, 0.05) is 38.8 Å². The number of rotatable bonds is 6. The monoisotopic (exact) mass is 303 g/mol. The quantitative estimate of drug-likeness (QED) is 0.611. The Bertz CT molecular complexity index is 483. The molecule has 1 aromatic heterocycles. The Labute approximate surface area is 132 Å². The van der Waals surface area contributed by atoms with Crippen LogP contribution in [0.15, 0.2) is 29.4 Å². The van der Waals surface area contributed by atoms with Crippen LogP contribution in [0.25, 0.3) is 0 Å². The van der Waals surface area contributed by atoms with E-state index in [1.165, 1.54) is 0 Å². The lowest BCUT2D eigenvalue weighted by Crippen LogP contribution is -2.39. The third-order valence-corrected chi connectivity index (χ3v) is 3.56. The Morgan fingerprint density at radius 1 is 1.32 bits per heavy atom. The van der Waals surface area contributed by atoms with Crippen LogP contribution in [-0.4, -0.2) is 47.9 Å². The molecule has 2 rings (SSSR count). The van der Waals surface area contributed by atoms with Gasteiger partial charge in [0.2, 0.25) is 5.91 Å². The molecule has 2 N–H and O–H groups in total. The SMILES string of the molecule is CCNC(=NCc1ccccn1)NCCC(=O)N1CCCC1. The zero-order valence-electron chi connectivity index (χ0n) is 13.2. The molecule has 0 atom stereocenters. The molecule has 1 fully saturated rings. The van der Waals surface area contributed by atoms with E-state index in [4.69, 9.17) is 0 Å². The summed E-state index contributed by atoms with van der Waals surface area (Å²) in [6.07, 6.45) is 4.54. The molecule has 1 aliphatic heterocycles. The van der Waals surface area contributed by atoms with Gasteiger partial charge in [-0.15, -0.1) is 0 Å². The van der Waals surface area contributed by atoms with Gasteiger partial charge in [-0.3, -0.25) is 9.78 Å². The van der Waals surface area contributed by atoms with Gasteiger partial charge in [0.05, 0.1) is 12.2 Å². The van der Waals surface area contributed by atoms with Gasteiger partial charge in [-0.05, 0) is 31.9 Å². The fourth-order valence-corrected chi connectivity index (χ4v) is 2.41. The first kappa shape index (κ1) is 16.3. The zero-order valence-corrected chi connectivity index (χ0v) is 13.2. The highest BCUT2D eigenvalue weighted by Gasteiger charge is 2.17. The molecular weight excluding hydrogens is 278 g/mol. The summed E-state index contributed by atoms with van der Waals surface area (Å²) >= 11 is 0. The number of likely N-dealkylation sites (tertiary alicyclic amines) is 1. The molecule has 0 unspecified atom stereocenters. The van der Waals surface area contributed by atoms with E-state index in [0.717, 1.165) is 44.1 Å². The van der Waals surface area contributed by atoms with Crippen LogP contribution in [0.4, 0.5) is 0 Å². The molecule has 0 radical (unpaired) electrons. The Morgan fingerprint density at radius 2 is 2.14 bits per heavy atom. The second kappa shape index (κ2) is 9.02. The second-order valence-corrected chi connectivity index (χ2v) is 5.28. The molecule has 0 spiro atoms. The number of carbonyl (C=O) groups is 1. The first-order chi connectivity index (χ1) is 10.8. The second-order valence-electron chi connectivity index (χ2n) is 5.28. The molecule has 1 aromatic rings. The van der Waals surface area contributed by atoms with Gasteiger partial charge in [0.15, 0.2) is 5.96 Å².